The number of carbonyl (C=O) groups is 2. The lowest BCUT2D eigenvalue weighted by Gasteiger charge is -2.26. The molecule has 0 radical (unpaired) electrons. The molecule has 0 aromatic heterocycles. The maximum absolute atomic E-state index is 13.6. The molecule has 3 rings (SSSR count). The van der Waals surface area contributed by atoms with Crippen LogP contribution in [0.1, 0.15) is 40.7 Å². The van der Waals surface area contributed by atoms with Crippen molar-refractivity contribution < 1.29 is 27.1 Å². The van der Waals surface area contributed by atoms with Crippen molar-refractivity contribution in [2.75, 3.05) is 19.7 Å². The Hall–Kier alpha value is -2.49. The van der Waals surface area contributed by atoms with Crippen LogP contribution in [0.5, 0.6) is 0 Å². The minimum absolute atomic E-state index is 0.00944. The smallest absolute Gasteiger partial charge is 0.338 e. The second-order valence-corrected chi connectivity index (χ2v) is 9.86. The first-order valence-corrected chi connectivity index (χ1v) is 12.0. The number of aryl methyl sites for hydroxylation is 1. The summed E-state index contributed by atoms with van der Waals surface area (Å²) in [6, 6.07) is 8.44. The molecular formula is C22H24ClFN2O5S. The number of nitrogens with one attached hydrogen (secondary N) is 1. The quantitative estimate of drug-likeness (QED) is 0.610. The number of sulfonamides is 1. The first-order valence-electron chi connectivity index (χ1n) is 10.2. The number of benzene rings is 2. The zero-order valence-corrected chi connectivity index (χ0v) is 19.1. The van der Waals surface area contributed by atoms with Gasteiger partial charge in [0.2, 0.25) is 10.0 Å². The molecule has 172 valence electrons. The first kappa shape index (κ1) is 24.2. The average molecular weight is 483 g/mol. The van der Waals surface area contributed by atoms with E-state index in [1.54, 1.807) is 19.1 Å². The lowest BCUT2D eigenvalue weighted by Crippen LogP contribution is -2.35. The second kappa shape index (κ2) is 10.4. The van der Waals surface area contributed by atoms with E-state index in [0.29, 0.717) is 24.2 Å². The van der Waals surface area contributed by atoms with Crippen LogP contribution < -0.4 is 5.32 Å². The van der Waals surface area contributed by atoms with Crippen LogP contribution in [0.4, 0.5) is 4.39 Å². The van der Waals surface area contributed by atoms with E-state index in [1.165, 1.54) is 28.6 Å². The highest BCUT2D eigenvalue weighted by atomic mass is 35.5. The molecule has 7 nitrogen and oxygen atoms in total. The largest absolute Gasteiger partial charge is 0.452 e. The number of carbonyl (C=O) groups excluding carboxylic acids is 2. The van der Waals surface area contributed by atoms with E-state index < -0.39 is 28.5 Å². The predicted octanol–water partition coefficient (Wildman–Crippen LogP) is 3.44. The molecule has 1 N–H and O–H groups in total. The van der Waals surface area contributed by atoms with Gasteiger partial charge in [-0.25, -0.2) is 17.6 Å². The number of hydrogen-bond acceptors (Lipinski definition) is 5. The number of amides is 1. The Labute approximate surface area is 191 Å². The standard InChI is InChI=1S/C22H24ClFN2O5S/c1-15-5-6-16(11-19(15)24)13-25-21(27)14-31-22(28)17-7-8-18(23)20(12-17)32(29,30)26-9-3-2-4-10-26/h5-8,11-12H,2-4,9-10,13-14H2,1H3,(H,25,27). The summed E-state index contributed by atoms with van der Waals surface area (Å²) in [5.41, 5.74) is 1.04. The van der Waals surface area contributed by atoms with E-state index in [2.05, 4.69) is 5.32 Å². The average Bonchev–Trinajstić information content (AvgIpc) is 2.79. The molecular weight excluding hydrogens is 459 g/mol. The minimum Gasteiger partial charge on any atom is -0.452 e. The molecule has 0 spiro atoms. The summed E-state index contributed by atoms with van der Waals surface area (Å²) in [5, 5.41) is 2.54. The zero-order chi connectivity index (χ0) is 23.3. The molecule has 10 heteroatoms. The Balaban J connectivity index is 1.60. The zero-order valence-electron chi connectivity index (χ0n) is 17.6. The van der Waals surface area contributed by atoms with Crippen molar-refractivity contribution >= 4 is 33.5 Å². The van der Waals surface area contributed by atoms with Gasteiger partial charge in [-0.05, 0) is 55.2 Å². The summed E-state index contributed by atoms with van der Waals surface area (Å²) in [4.78, 5) is 24.2. The molecule has 0 atom stereocenters. The van der Waals surface area contributed by atoms with Gasteiger partial charge in [0.15, 0.2) is 6.61 Å². The molecule has 1 saturated heterocycles. The molecule has 2 aromatic carbocycles. The Morgan fingerprint density at radius 1 is 1.12 bits per heavy atom. The third kappa shape index (κ3) is 5.85. The van der Waals surface area contributed by atoms with E-state index in [4.69, 9.17) is 16.3 Å². The summed E-state index contributed by atoms with van der Waals surface area (Å²) in [7, 11) is -3.84. The van der Waals surface area contributed by atoms with Gasteiger partial charge in [0.1, 0.15) is 10.7 Å². The lowest BCUT2D eigenvalue weighted by molar-refractivity contribution is -0.124. The molecule has 0 saturated carbocycles. The Bertz CT molecular complexity index is 1120. The monoisotopic (exact) mass is 482 g/mol. The summed E-state index contributed by atoms with van der Waals surface area (Å²) < 4.78 is 45.7. The van der Waals surface area contributed by atoms with E-state index in [1.807, 2.05) is 0 Å². The number of rotatable bonds is 7. The molecule has 0 unspecified atom stereocenters. The van der Waals surface area contributed by atoms with Crippen molar-refractivity contribution in [3.05, 3.63) is 63.9 Å². The highest BCUT2D eigenvalue weighted by Gasteiger charge is 2.29. The molecule has 0 aliphatic carbocycles. The number of halogens is 2. The van der Waals surface area contributed by atoms with Crippen molar-refractivity contribution in [2.45, 2.75) is 37.6 Å². The van der Waals surface area contributed by atoms with Crippen molar-refractivity contribution in [3.63, 3.8) is 0 Å². The highest BCUT2D eigenvalue weighted by molar-refractivity contribution is 7.89. The van der Waals surface area contributed by atoms with Gasteiger partial charge in [-0.3, -0.25) is 4.79 Å². The highest BCUT2D eigenvalue weighted by Crippen LogP contribution is 2.28. The van der Waals surface area contributed by atoms with Gasteiger partial charge >= 0.3 is 5.97 Å². The van der Waals surface area contributed by atoms with Crippen LogP contribution in [-0.2, 0) is 26.1 Å². The summed E-state index contributed by atoms with van der Waals surface area (Å²) in [6.45, 7) is 1.95. The van der Waals surface area contributed by atoms with E-state index >= 15 is 0 Å². The van der Waals surface area contributed by atoms with Gasteiger partial charge < -0.3 is 10.1 Å². The van der Waals surface area contributed by atoms with Crippen LogP contribution in [0.2, 0.25) is 5.02 Å². The molecule has 1 aliphatic heterocycles. The SMILES string of the molecule is Cc1ccc(CNC(=O)COC(=O)c2ccc(Cl)c(S(=O)(=O)N3CCCCC3)c2)cc1F. The Kier molecular flexibility index (Phi) is 7.86. The van der Waals surface area contributed by atoms with Gasteiger partial charge in [-0.2, -0.15) is 4.31 Å². The van der Waals surface area contributed by atoms with Crippen molar-refractivity contribution in [2.24, 2.45) is 0 Å². The number of nitrogens with zero attached hydrogens (tertiary/aromatic N) is 1. The summed E-state index contributed by atoms with van der Waals surface area (Å²) in [5.74, 6) is -1.80. The molecule has 1 amide bonds. The number of esters is 1. The number of piperidine rings is 1. The number of ether oxygens (including phenoxy) is 1. The van der Waals surface area contributed by atoms with Crippen LogP contribution in [0.15, 0.2) is 41.3 Å². The lowest BCUT2D eigenvalue weighted by atomic mass is 10.1. The van der Waals surface area contributed by atoms with Crippen molar-refractivity contribution in [1.82, 2.24) is 9.62 Å². The maximum atomic E-state index is 13.6. The fourth-order valence-corrected chi connectivity index (χ4v) is 5.30. The fraction of sp³-hybridized carbons (Fsp3) is 0.364. The molecule has 0 bridgehead atoms. The molecule has 2 aromatic rings. The molecule has 1 heterocycles. The van der Waals surface area contributed by atoms with Gasteiger partial charge in [-0.15, -0.1) is 0 Å². The van der Waals surface area contributed by atoms with Crippen LogP contribution in [0, 0.1) is 12.7 Å². The fourth-order valence-electron chi connectivity index (χ4n) is 3.28. The molecule has 1 aliphatic rings. The van der Waals surface area contributed by atoms with Gasteiger partial charge in [0.25, 0.3) is 5.91 Å². The summed E-state index contributed by atoms with van der Waals surface area (Å²) in [6.07, 6.45) is 2.50. The van der Waals surface area contributed by atoms with Crippen LogP contribution in [-0.4, -0.2) is 44.3 Å². The maximum Gasteiger partial charge on any atom is 0.338 e. The Morgan fingerprint density at radius 2 is 1.84 bits per heavy atom. The van der Waals surface area contributed by atoms with E-state index in [9.17, 15) is 22.4 Å². The topological polar surface area (TPSA) is 92.8 Å². The van der Waals surface area contributed by atoms with Crippen LogP contribution >= 0.6 is 11.6 Å². The normalized spacial score (nSPS) is 14.7. The number of hydrogen-bond donors (Lipinski definition) is 1. The molecule has 1 fully saturated rings. The third-order valence-corrected chi connectivity index (χ3v) is 7.54. The van der Waals surface area contributed by atoms with Gasteiger partial charge in [0.05, 0.1) is 10.6 Å². The van der Waals surface area contributed by atoms with E-state index in [-0.39, 0.29) is 27.8 Å². The van der Waals surface area contributed by atoms with Gasteiger partial charge in [-0.1, -0.05) is 30.2 Å². The summed E-state index contributed by atoms with van der Waals surface area (Å²) >= 11 is 6.10. The van der Waals surface area contributed by atoms with Crippen LogP contribution in [0.3, 0.4) is 0 Å². The second-order valence-electron chi connectivity index (χ2n) is 7.55. The van der Waals surface area contributed by atoms with Crippen LogP contribution in [0.25, 0.3) is 0 Å². The third-order valence-electron chi connectivity index (χ3n) is 5.16. The first-order chi connectivity index (χ1) is 15.2. The predicted molar refractivity (Wildman–Crippen MR) is 117 cm³/mol. The Morgan fingerprint density at radius 3 is 2.53 bits per heavy atom. The van der Waals surface area contributed by atoms with E-state index in [0.717, 1.165) is 19.3 Å². The molecule has 32 heavy (non-hydrogen) atoms. The van der Waals surface area contributed by atoms with Gasteiger partial charge in [0, 0.05) is 19.6 Å². The van der Waals surface area contributed by atoms with Crippen molar-refractivity contribution in [1.29, 1.82) is 0 Å². The van der Waals surface area contributed by atoms with Crippen molar-refractivity contribution in [3.8, 4) is 0 Å². The minimum atomic E-state index is -3.84.